The van der Waals surface area contributed by atoms with Gasteiger partial charge in [-0.05, 0) is 49.1 Å². The smallest absolute Gasteiger partial charge is 0.341 e. The highest BCUT2D eigenvalue weighted by molar-refractivity contribution is 7.89. The maximum Gasteiger partial charge on any atom is 0.341 e. The molecular formula is C19H17Cl3FNO5S. The van der Waals surface area contributed by atoms with Gasteiger partial charge in [-0.15, -0.1) is 0 Å². The molecule has 0 saturated carbocycles. The van der Waals surface area contributed by atoms with Gasteiger partial charge >= 0.3 is 5.97 Å². The lowest BCUT2D eigenvalue weighted by Gasteiger charge is -2.33. The number of aliphatic carboxylic acids is 1. The fourth-order valence-corrected chi connectivity index (χ4v) is 5.82. The molecule has 0 fully saturated rings. The minimum atomic E-state index is -4.02. The molecule has 1 atom stereocenters. The van der Waals surface area contributed by atoms with Gasteiger partial charge in [0.1, 0.15) is 4.90 Å². The first-order valence-electron chi connectivity index (χ1n) is 8.82. The third-order valence-corrected chi connectivity index (χ3v) is 7.77. The zero-order valence-corrected chi connectivity index (χ0v) is 18.7. The maximum absolute atomic E-state index is 14.5. The molecule has 0 amide bonds. The van der Waals surface area contributed by atoms with Crippen molar-refractivity contribution in [3.05, 3.63) is 56.3 Å². The molecule has 1 aliphatic rings. The lowest BCUT2D eigenvalue weighted by molar-refractivity contribution is -0.139. The molecule has 0 aromatic heterocycles. The molecule has 1 unspecified atom stereocenters. The summed E-state index contributed by atoms with van der Waals surface area (Å²) in [6.07, 6.45) is 1.38. The number of carboxylic acids is 1. The van der Waals surface area contributed by atoms with E-state index in [1.165, 1.54) is 31.3 Å². The zero-order chi connectivity index (χ0) is 22.2. The SMILES string of the molecule is CN(C1CCCc2c1cc(Cl)c(F)c2OCC(=O)O)S(=O)(=O)c1ccc(Cl)cc1Cl. The number of sulfonamides is 1. The predicted molar refractivity (Wildman–Crippen MR) is 112 cm³/mol. The molecule has 0 saturated heterocycles. The van der Waals surface area contributed by atoms with Crippen molar-refractivity contribution in [3.63, 3.8) is 0 Å². The van der Waals surface area contributed by atoms with Gasteiger partial charge in [0.15, 0.2) is 18.2 Å². The Kier molecular flexibility index (Phi) is 6.84. The highest BCUT2D eigenvalue weighted by Crippen LogP contribution is 2.44. The van der Waals surface area contributed by atoms with Crippen molar-refractivity contribution in [1.82, 2.24) is 4.31 Å². The number of fused-ring (bicyclic) bond motifs is 1. The summed E-state index contributed by atoms with van der Waals surface area (Å²) in [5, 5.41) is 8.86. The fraction of sp³-hybridized carbons (Fsp3) is 0.316. The lowest BCUT2D eigenvalue weighted by Crippen LogP contribution is -2.34. The van der Waals surface area contributed by atoms with Crippen molar-refractivity contribution in [1.29, 1.82) is 0 Å². The normalized spacial score (nSPS) is 16.4. The van der Waals surface area contributed by atoms with Crippen LogP contribution in [0.4, 0.5) is 4.39 Å². The molecule has 0 heterocycles. The molecule has 2 aromatic carbocycles. The Balaban J connectivity index is 2.06. The van der Waals surface area contributed by atoms with Crippen LogP contribution in [0.2, 0.25) is 15.1 Å². The van der Waals surface area contributed by atoms with E-state index in [4.69, 9.17) is 44.6 Å². The van der Waals surface area contributed by atoms with E-state index in [1.54, 1.807) is 0 Å². The summed E-state index contributed by atoms with van der Waals surface area (Å²) in [4.78, 5) is 10.8. The minimum absolute atomic E-state index is 0.0204. The molecule has 0 radical (unpaired) electrons. The van der Waals surface area contributed by atoms with Gasteiger partial charge in [0, 0.05) is 17.6 Å². The number of hydrogen-bond acceptors (Lipinski definition) is 4. The van der Waals surface area contributed by atoms with Crippen LogP contribution in [-0.2, 0) is 21.2 Å². The third kappa shape index (κ3) is 4.38. The van der Waals surface area contributed by atoms with Crippen LogP contribution in [0, 0.1) is 5.82 Å². The summed E-state index contributed by atoms with van der Waals surface area (Å²) in [5.41, 5.74) is 0.864. The quantitative estimate of drug-likeness (QED) is 0.612. The Morgan fingerprint density at radius 1 is 1.27 bits per heavy atom. The molecule has 6 nitrogen and oxygen atoms in total. The van der Waals surface area contributed by atoms with Crippen LogP contribution in [0.15, 0.2) is 29.2 Å². The van der Waals surface area contributed by atoms with Crippen molar-refractivity contribution < 1.29 is 27.4 Å². The summed E-state index contributed by atoms with van der Waals surface area (Å²) >= 11 is 18.0. The second kappa shape index (κ2) is 8.88. The summed E-state index contributed by atoms with van der Waals surface area (Å²) < 4.78 is 47.3. The zero-order valence-electron chi connectivity index (χ0n) is 15.7. The highest BCUT2D eigenvalue weighted by atomic mass is 35.5. The Bertz CT molecular complexity index is 1110. The molecule has 11 heteroatoms. The van der Waals surface area contributed by atoms with Gasteiger partial charge in [0.2, 0.25) is 10.0 Å². The summed E-state index contributed by atoms with van der Waals surface area (Å²) in [6, 6.07) is 4.77. The van der Waals surface area contributed by atoms with Crippen LogP contribution in [0.3, 0.4) is 0 Å². The van der Waals surface area contributed by atoms with E-state index < -0.39 is 34.5 Å². The monoisotopic (exact) mass is 495 g/mol. The molecule has 1 N–H and O–H groups in total. The van der Waals surface area contributed by atoms with Crippen LogP contribution < -0.4 is 4.74 Å². The van der Waals surface area contributed by atoms with Gasteiger partial charge in [0.05, 0.1) is 16.1 Å². The van der Waals surface area contributed by atoms with Crippen LogP contribution in [-0.4, -0.2) is 37.5 Å². The molecular weight excluding hydrogens is 480 g/mol. The first-order valence-corrected chi connectivity index (χ1v) is 11.4. The molecule has 3 rings (SSSR count). The second-order valence-electron chi connectivity index (χ2n) is 6.76. The first-order chi connectivity index (χ1) is 14.0. The van der Waals surface area contributed by atoms with Gasteiger partial charge in [-0.25, -0.2) is 17.6 Å². The van der Waals surface area contributed by atoms with Crippen molar-refractivity contribution in [2.24, 2.45) is 0 Å². The fourth-order valence-electron chi connectivity index (χ4n) is 3.51. The predicted octanol–water partition coefficient (Wildman–Crippen LogP) is 4.95. The number of carbonyl (C=O) groups is 1. The Morgan fingerprint density at radius 2 is 1.97 bits per heavy atom. The Labute approximate surface area is 188 Å². The van der Waals surface area contributed by atoms with E-state index in [0.717, 1.165) is 4.31 Å². The standard InChI is InChI=1S/C19H17Cl3FNO5S/c1-24(30(27,28)16-6-5-10(20)7-13(16)21)15-4-2-3-11-12(15)8-14(22)18(23)19(11)29-9-17(25)26/h5-8,15H,2-4,9H2,1H3,(H,25,26). The topological polar surface area (TPSA) is 83.9 Å². The van der Waals surface area contributed by atoms with Gasteiger partial charge in [0.25, 0.3) is 0 Å². The summed E-state index contributed by atoms with van der Waals surface area (Å²) in [5.74, 6) is -2.41. The van der Waals surface area contributed by atoms with Gasteiger partial charge in [-0.3, -0.25) is 0 Å². The van der Waals surface area contributed by atoms with E-state index in [0.29, 0.717) is 35.4 Å². The van der Waals surface area contributed by atoms with Crippen molar-refractivity contribution in [3.8, 4) is 5.75 Å². The van der Waals surface area contributed by atoms with Crippen LogP contribution in [0.5, 0.6) is 5.75 Å². The van der Waals surface area contributed by atoms with Gasteiger partial charge in [-0.2, -0.15) is 4.31 Å². The number of benzene rings is 2. The second-order valence-corrected chi connectivity index (χ2v) is 9.97. The van der Waals surface area contributed by atoms with Crippen LogP contribution in [0.25, 0.3) is 0 Å². The number of nitrogens with zero attached hydrogens (tertiary/aromatic N) is 1. The molecule has 2 aromatic rings. The van der Waals surface area contributed by atoms with Crippen molar-refractivity contribution >= 4 is 50.8 Å². The summed E-state index contributed by atoms with van der Waals surface area (Å²) in [6.45, 7) is -0.747. The Hall–Kier alpha value is -1.58. The van der Waals surface area contributed by atoms with Gasteiger partial charge in [-0.1, -0.05) is 34.8 Å². The van der Waals surface area contributed by atoms with E-state index in [-0.39, 0.29) is 20.7 Å². The van der Waals surface area contributed by atoms with E-state index >= 15 is 0 Å². The largest absolute Gasteiger partial charge is 0.479 e. The molecule has 0 bridgehead atoms. The molecule has 0 aliphatic heterocycles. The van der Waals surface area contributed by atoms with Crippen molar-refractivity contribution in [2.45, 2.75) is 30.2 Å². The van der Waals surface area contributed by atoms with Crippen LogP contribution in [0.1, 0.15) is 30.0 Å². The molecule has 162 valence electrons. The van der Waals surface area contributed by atoms with Crippen molar-refractivity contribution in [2.75, 3.05) is 13.7 Å². The Morgan fingerprint density at radius 3 is 2.60 bits per heavy atom. The van der Waals surface area contributed by atoms with E-state index in [1.807, 2.05) is 0 Å². The number of hydrogen-bond donors (Lipinski definition) is 1. The molecule has 0 spiro atoms. The average molecular weight is 497 g/mol. The number of rotatable bonds is 6. The lowest BCUT2D eigenvalue weighted by atomic mass is 9.87. The maximum atomic E-state index is 14.5. The van der Waals surface area contributed by atoms with Crippen LogP contribution >= 0.6 is 34.8 Å². The minimum Gasteiger partial charge on any atom is -0.479 e. The highest BCUT2D eigenvalue weighted by Gasteiger charge is 2.35. The van der Waals surface area contributed by atoms with E-state index in [2.05, 4.69) is 0 Å². The number of carboxylic acid groups (broad SMARTS) is 1. The number of halogens is 4. The summed E-state index contributed by atoms with van der Waals surface area (Å²) in [7, 11) is -2.62. The third-order valence-electron chi connectivity index (χ3n) is 4.91. The number of ether oxygens (including phenoxy) is 1. The average Bonchev–Trinajstić information content (AvgIpc) is 2.67. The molecule has 30 heavy (non-hydrogen) atoms. The molecule has 1 aliphatic carbocycles. The van der Waals surface area contributed by atoms with E-state index in [9.17, 15) is 17.6 Å². The first kappa shape index (κ1) is 23.1. The van der Waals surface area contributed by atoms with Gasteiger partial charge < -0.3 is 9.84 Å².